The molecule has 2 unspecified atom stereocenters. The van der Waals surface area contributed by atoms with E-state index in [1.54, 1.807) is 0 Å². The predicted octanol–water partition coefficient (Wildman–Crippen LogP) is 5.93. The number of aliphatic hydroxyl groups excluding tert-OH is 3. The highest BCUT2D eigenvalue weighted by atomic mass is 35.5. The summed E-state index contributed by atoms with van der Waals surface area (Å²) in [5, 5.41) is 134. The van der Waals surface area contributed by atoms with Crippen LogP contribution in [0.3, 0.4) is 0 Å². The third-order valence-electron chi connectivity index (χ3n) is 19.1. The molecule has 7 aliphatic heterocycles. The zero-order valence-corrected chi connectivity index (χ0v) is 59.5. The fourth-order valence-corrected chi connectivity index (χ4v) is 13.9. The Hall–Kier alpha value is -11.7. The van der Waals surface area contributed by atoms with E-state index in [9.17, 15) is 75.0 Å². The summed E-state index contributed by atoms with van der Waals surface area (Å²) in [6.07, 6.45) is -8.01. The van der Waals surface area contributed by atoms with Crippen LogP contribution in [0.1, 0.15) is 128 Å². The molecule has 7 aromatic carbocycles. The smallest absolute Gasteiger partial charge is 0.335 e. The van der Waals surface area contributed by atoms with Gasteiger partial charge in [-0.2, -0.15) is 0 Å². The van der Waals surface area contributed by atoms with E-state index < -0.39 is 222 Å². The van der Waals surface area contributed by atoms with Crippen molar-refractivity contribution in [3.05, 3.63) is 164 Å². The molecule has 14 rings (SSSR count). The first-order valence-electron chi connectivity index (χ1n) is 34.4. The van der Waals surface area contributed by atoms with Gasteiger partial charge in [0.15, 0.2) is 35.1 Å². The first kappa shape index (κ1) is 77.0. The lowest BCUT2D eigenvalue weighted by atomic mass is 9.89. The second kappa shape index (κ2) is 32.0. The Bertz CT molecular complexity index is 4800. The predicted molar refractivity (Wildman–Crippen MR) is 382 cm³/mol. The summed E-state index contributed by atoms with van der Waals surface area (Å²) in [5.41, 5.74) is -2.68. The lowest BCUT2D eigenvalue weighted by molar-refractivity contribution is -0.241. The summed E-state index contributed by atoms with van der Waals surface area (Å²) in [6.45, 7) is 4.16. The number of halogens is 2. The molecule has 7 aromatic rings. The number of hydrogen-bond acceptors (Lipinski definition) is 23. The number of likely N-dealkylation sites (N-methyl/N-ethyl adjacent to an activating group) is 1. The summed E-state index contributed by atoms with van der Waals surface area (Å²) < 4.78 is 32.0. The minimum Gasteiger partial charge on any atom is -0.508 e. The van der Waals surface area contributed by atoms with Crippen LogP contribution in [0.25, 0.3) is 11.1 Å². The fraction of sp³-hybridized carbons (Fsp3) is 0.320. The van der Waals surface area contributed by atoms with E-state index in [4.69, 9.17) is 46.9 Å². The number of benzene rings is 7. The highest BCUT2D eigenvalue weighted by Gasteiger charge is 2.51. The third-order valence-corrected chi connectivity index (χ3v) is 19.8. The van der Waals surface area contributed by atoms with Crippen LogP contribution in [0.15, 0.2) is 115 Å². The van der Waals surface area contributed by atoms with Crippen molar-refractivity contribution in [3.8, 4) is 80.1 Å². The number of phenolic OH excluding ortho intramolecular Hbond substituents is 5. The van der Waals surface area contributed by atoms with Gasteiger partial charge in [0.05, 0.1) is 10.0 Å². The topological polar surface area (TPSA) is 498 Å². The number of aliphatic carboxylic acids is 2. The van der Waals surface area contributed by atoms with Crippen molar-refractivity contribution in [1.82, 2.24) is 42.5 Å². The SMILES string of the molecule is CN[C@@H]1C(=O)N[C@@H]2Cc3ccc(cc3)Oc3cc4cc(c3O[C@@H]3O[C@H](C(=O)O)[C@@H](O)[C@H](O)[C@H]3NC(=O)CCCCCCC(C)C)Oc3ccc(cc3Cl)[C@@H](O)[C@@H]3NC(=O)[C@H](NC(=O)[C@@H]4NC(=O)C(NC2=O)c2cc(cc(O)c2Cl)Oc2cc1ccc2O)c1ccc(O)c(c1)-c1c(O)cc(O)cc1C(C(=O)O)NC3=O. The Labute approximate surface area is 629 Å². The molecular formula is C75H74Cl2N8O24. The number of rotatable bonds is 13. The summed E-state index contributed by atoms with van der Waals surface area (Å²) in [5.74, 6) is -18.2. The monoisotopic (exact) mass is 1540 g/mol. The van der Waals surface area contributed by atoms with Gasteiger partial charge in [0.25, 0.3) is 0 Å². The minimum atomic E-state index is -2.38. The molecule has 0 spiro atoms. The molecule has 0 radical (unpaired) electrons. The van der Waals surface area contributed by atoms with E-state index in [2.05, 4.69) is 56.4 Å². The van der Waals surface area contributed by atoms with Gasteiger partial charge in [-0.15, -0.1) is 0 Å². The van der Waals surface area contributed by atoms with Gasteiger partial charge < -0.3 is 117 Å². The molecule has 1 fully saturated rings. The number of carbonyl (C=O) groups is 9. The Kier molecular flexibility index (Phi) is 22.6. The van der Waals surface area contributed by atoms with Crippen LogP contribution in [-0.2, 0) is 54.3 Å². The standard InChI is InChI=1S/C75H74Cl2N8O24/c1-30(2)8-6-4-5-7-9-52(91)80-61-63(93)64(94)66(74(103)104)109-75(61)108-65-50-24-35-25-51(65)107-48-19-14-34(22-42(48)76)62(92)60-72(100)84-59(73(101)102)40-26-36(86)27-46(89)53(40)39-21-32(12-17-44(39)87)56(69(97)85-60)81-70(98)57(35)82-71(99)58-41-28-38(29-47(90)54(41)77)106-49-23-33(13-18-45(49)88)55(78-3)68(96)79-43(67(95)83-58)20-31-10-15-37(105-50)16-11-31/h10-19,21-30,43,55-64,66,75,78,86-90,92-94H,4-9,20H2,1-3H3,(H,79,96)(H,80,91)(H,81,98)(H,82,99)(H,83,95)(H,84,100)(H,85,97)(H,101,102)(H,103,104)/t43-,55+,56-,57-,58?,59?,60+,61-,62-,63-,64+,66+,75-/m1/s1. The Morgan fingerprint density at radius 2 is 1.20 bits per heavy atom. The molecular weight excluding hydrogens is 1470 g/mol. The maximum atomic E-state index is 16.4. The number of hydrogen-bond donors (Lipinski definition) is 18. The number of carbonyl (C=O) groups excluding carboxylic acids is 7. The van der Waals surface area contributed by atoms with Crippen LogP contribution < -0.4 is 61.5 Å². The number of carboxylic acid groups (broad SMARTS) is 2. The summed E-state index contributed by atoms with van der Waals surface area (Å²) in [6, 6.07) is 5.59. The number of fused-ring (bicyclic) bond motifs is 14. The number of unbranched alkanes of at least 4 members (excludes halogenated alkanes) is 3. The van der Waals surface area contributed by atoms with E-state index in [1.807, 2.05) is 0 Å². The van der Waals surface area contributed by atoms with Gasteiger partial charge in [-0.25, -0.2) is 9.59 Å². The zero-order chi connectivity index (χ0) is 78.1. The molecule has 7 heterocycles. The van der Waals surface area contributed by atoms with Crippen molar-refractivity contribution in [2.45, 2.75) is 138 Å². The average Bonchev–Trinajstić information content (AvgIpc) is 0.768. The molecule has 32 nitrogen and oxygen atoms in total. The average molecular weight is 1540 g/mol. The highest BCUT2D eigenvalue weighted by Crippen LogP contribution is 2.50. The van der Waals surface area contributed by atoms with Crippen LogP contribution in [-0.4, -0.2) is 154 Å². The molecule has 34 heteroatoms. The summed E-state index contributed by atoms with van der Waals surface area (Å²) in [7, 11) is 1.43. The zero-order valence-electron chi connectivity index (χ0n) is 57.9. The number of amides is 7. The number of aliphatic hydroxyl groups is 3. The van der Waals surface area contributed by atoms with Gasteiger partial charge in [-0.05, 0) is 120 Å². The molecule has 18 N–H and O–H groups in total. The van der Waals surface area contributed by atoms with E-state index in [-0.39, 0.29) is 46.8 Å². The normalized spacial score (nSPS) is 24.0. The quantitative estimate of drug-likeness (QED) is 0.0594. The van der Waals surface area contributed by atoms with Crippen LogP contribution in [0.4, 0.5) is 0 Å². The van der Waals surface area contributed by atoms with Gasteiger partial charge in [0.1, 0.15) is 101 Å². The Morgan fingerprint density at radius 1 is 0.560 bits per heavy atom. The maximum Gasteiger partial charge on any atom is 0.335 e. The molecule has 0 saturated carbocycles. The van der Waals surface area contributed by atoms with E-state index in [0.717, 1.165) is 92.1 Å². The van der Waals surface area contributed by atoms with Crippen molar-refractivity contribution in [1.29, 1.82) is 0 Å². The van der Waals surface area contributed by atoms with Crippen LogP contribution >= 0.6 is 23.2 Å². The van der Waals surface area contributed by atoms with Crippen LogP contribution in [0.2, 0.25) is 10.0 Å². The van der Waals surface area contributed by atoms with Gasteiger partial charge in [0.2, 0.25) is 53.4 Å². The molecule has 7 aliphatic rings. The molecule has 572 valence electrons. The molecule has 7 amide bonds. The number of phenols is 5. The van der Waals surface area contributed by atoms with Crippen molar-refractivity contribution < 1.29 is 118 Å². The van der Waals surface area contributed by atoms with Gasteiger partial charge >= 0.3 is 11.9 Å². The molecule has 0 aromatic heterocycles. The van der Waals surface area contributed by atoms with Crippen molar-refractivity contribution >= 4 is 76.5 Å². The van der Waals surface area contributed by atoms with E-state index in [1.165, 1.54) is 49.5 Å². The van der Waals surface area contributed by atoms with Gasteiger partial charge in [-0.3, -0.25) is 33.6 Å². The number of ether oxygens (including phenoxy) is 5. The second-order valence-electron chi connectivity index (χ2n) is 27.1. The van der Waals surface area contributed by atoms with Crippen molar-refractivity contribution in [3.63, 3.8) is 0 Å². The highest BCUT2D eigenvalue weighted by molar-refractivity contribution is 6.33. The summed E-state index contributed by atoms with van der Waals surface area (Å²) in [4.78, 5) is 133. The molecule has 0 aliphatic carbocycles. The van der Waals surface area contributed by atoms with Crippen LogP contribution in [0, 0.1) is 5.92 Å². The Morgan fingerprint density at radius 3 is 1.90 bits per heavy atom. The number of carboxylic acids is 2. The largest absolute Gasteiger partial charge is 0.508 e. The summed E-state index contributed by atoms with van der Waals surface area (Å²) >= 11 is 14.0. The van der Waals surface area contributed by atoms with Gasteiger partial charge in [-0.1, -0.05) is 93.1 Å². The molecule has 13 atom stereocenters. The number of aromatic hydroxyl groups is 5. The first-order valence-corrected chi connectivity index (χ1v) is 35.1. The molecule has 17 bridgehead atoms. The molecule has 1 saturated heterocycles. The number of nitrogens with one attached hydrogen (secondary N) is 8. The minimum absolute atomic E-state index is 0.118. The maximum absolute atomic E-state index is 16.4. The van der Waals surface area contributed by atoms with Gasteiger partial charge in [0, 0.05) is 47.2 Å². The van der Waals surface area contributed by atoms with E-state index >= 15 is 19.2 Å². The lowest BCUT2D eigenvalue weighted by Crippen LogP contribution is -2.66. The third kappa shape index (κ3) is 16.4. The second-order valence-corrected chi connectivity index (χ2v) is 27.9. The fourth-order valence-electron chi connectivity index (χ4n) is 13.5. The lowest BCUT2D eigenvalue weighted by Gasteiger charge is -2.41. The van der Waals surface area contributed by atoms with Crippen molar-refractivity contribution in [2.24, 2.45) is 5.92 Å². The van der Waals surface area contributed by atoms with Crippen LogP contribution in [0.5, 0.6) is 69.0 Å². The first-order chi connectivity index (χ1) is 51.9. The molecule has 109 heavy (non-hydrogen) atoms. The Balaban J connectivity index is 1.10. The van der Waals surface area contributed by atoms with Crippen molar-refractivity contribution in [2.75, 3.05) is 7.05 Å². The van der Waals surface area contributed by atoms with E-state index in [0.29, 0.717) is 24.3 Å².